The molecule has 1 atom stereocenters. The molecule has 4 rings (SSSR count). The highest BCUT2D eigenvalue weighted by Crippen LogP contribution is 2.44. The second-order valence-corrected chi connectivity index (χ2v) is 7.62. The van der Waals surface area contributed by atoms with Crippen LogP contribution < -0.4 is 14.5 Å². The van der Waals surface area contributed by atoms with Crippen LogP contribution in [0.5, 0.6) is 5.75 Å². The maximum atomic E-state index is 13.5. The molecule has 0 fully saturated rings. The van der Waals surface area contributed by atoms with E-state index in [1.165, 1.54) is 4.88 Å². The lowest BCUT2D eigenvalue weighted by molar-refractivity contribution is 0.0969. The number of carbonyl (C=O) groups excluding carboxylic acids is 1. The van der Waals surface area contributed by atoms with E-state index in [0.29, 0.717) is 11.3 Å². The Bertz CT molecular complexity index is 966. The average Bonchev–Trinajstić information content (AvgIpc) is 3.10. The van der Waals surface area contributed by atoms with Crippen LogP contribution in [0.3, 0.4) is 0 Å². The van der Waals surface area contributed by atoms with E-state index in [1.807, 2.05) is 60.5 Å². The quantitative estimate of drug-likeness (QED) is 0.665. The van der Waals surface area contributed by atoms with Crippen molar-refractivity contribution in [3.63, 3.8) is 0 Å². The van der Waals surface area contributed by atoms with E-state index in [2.05, 4.69) is 24.0 Å². The van der Waals surface area contributed by atoms with Gasteiger partial charge < -0.3 is 9.64 Å². The maximum Gasteiger partial charge on any atom is 0.262 e. The van der Waals surface area contributed by atoms with Crippen LogP contribution >= 0.6 is 11.3 Å². The number of fused-ring (bicyclic) bond motifs is 1. The van der Waals surface area contributed by atoms with Crippen molar-refractivity contribution >= 4 is 28.6 Å². The second kappa shape index (κ2) is 6.50. The molecule has 0 bridgehead atoms. The van der Waals surface area contributed by atoms with Crippen molar-refractivity contribution in [1.29, 1.82) is 0 Å². The summed E-state index contributed by atoms with van der Waals surface area (Å²) >= 11 is 1.71. The minimum Gasteiger partial charge on any atom is -0.495 e. The standard InChI is InChI=1S/C21H20N2O2S/c1-14-12-13-19(26-14)20-22(2)16-9-5-4-8-15(16)21(24)23(20)17-10-6-7-11-18(17)25-3/h4-13,20H,1-3H3. The molecule has 0 spiro atoms. The number of thiophene rings is 1. The molecular formula is C21H20N2O2S. The minimum absolute atomic E-state index is 0.0146. The molecule has 0 saturated carbocycles. The third kappa shape index (κ3) is 2.56. The Hall–Kier alpha value is -2.79. The third-order valence-corrected chi connectivity index (χ3v) is 5.75. The van der Waals surface area contributed by atoms with Crippen molar-refractivity contribution in [1.82, 2.24) is 0 Å². The summed E-state index contributed by atoms with van der Waals surface area (Å²) in [6.45, 7) is 2.08. The SMILES string of the molecule is COc1ccccc1N1C(=O)c2ccccc2N(C)C1c1ccc(C)s1. The van der Waals surface area contributed by atoms with Crippen LogP contribution in [0.4, 0.5) is 11.4 Å². The maximum absolute atomic E-state index is 13.5. The van der Waals surface area contributed by atoms with Gasteiger partial charge in [0, 0.05) is 16.8 Å². The number of ether oxygens (including phenoxy) is 1. The van der Waals surface area contributed by atoms with Gasteiger partial charge in [0.05, 0.1) is 24.0 Å². The van der Waals surface area contributed by atoms with Crippen molar-refractivity contribution in [2.75, 3.05) is 24.0 Å². The van der Waals surface area contributed by atoms with Gasteiger partial charge in [-0.3, -0.25) is 9.69 Å². The van der Waals surface area contributed by atoms with Crippen LogP contribution in [-0.2, 0) is 0 Å². The molecule has 0 aliphatic carbocycles. The lowest BCUT2D eigenvalue weighted by atomic mass is 10.0. The normalized spacial score (nSPS) is 16.6. The number of rotatable bonds is 3. The number of hydrogen-bond acceptors (Lipinski definition) is 4. The first-order valence-corrected chi connectivity index (χ1v) is 9.28. The van der Waals surface area contributed by atoms with Crippen LogP contribution in [0.25, 0.3) is 0 Å². The summed E-state index contributed by atoms with van der Waals surface area (Å²) in [6, 6.07) is 19.6. The van der Waals surface area contributed by atoms with E-state index in [0.717, 1.165) is 16.3 Å². The van der Waals surface area contributed by atoms with Crippen LogP contribution in [0, 0.1) is 6.92 Å². The fourth-order valence-corrected chi connectivity index (χ4v) is 4.50. The zero-order chi connectivity index (χ0) is 18.3. The zero-order valence-electron chi connectivity index (χ0n) is 15.0. The molecule has 0 N–H and O–H groups in total. The molecule has 4 nitrogen and oxygen atoms in total. The number of amides is 1. The van der Waals surface area contributed by atoms with Gasteiger partial charge >= 0.3 is 0 Å². The molecule has 1 amide bonds. The van der Waals surface area contributed by atoms with Crippen molar-refractivity contribution in [2.24, 2.45) is 0 Å². The van der Waals surface area contributed by atoms with E-state index >= 15 is 0 Å². The van der Waals surface area contributed by atoms with Gasteiger partial charge in [-0.05, 0) is 43.3 Å². The molecule has 5 heteroatoms. The van der Waals surface area contributed by atoms with E-state index in [4.69, 9.17) is 4.74 Å². The minimum atomic E-state index is -0.215. The third-order valence-electron chi connectivity index (χ3n) is 4.71. The summed E-state index contributed by atoms with van der Waals surface area (Å²) in [5, 5.41) is 0. The summed E-state index contributed by atoms with van der Waals surface area (Å²) < 4.78 is 5.55. The highest BCUT2D eigenvalue weighted by molar-refractivity contribution is 7.12. The van der Waals surface area contributed by atoms with Crippen LogP contribution in [0.15, 0.2) is 60.7 Å². The highest BCUT2D eigenvalue weighted by Gasteiger charge is 2.39. The monoisotopic (exact) mass is 364 g/mol. The number of carbonyl (C=O) groups is 1. The summed E-state index contributed by atoms with van der Waals surface area (Å²) in [6.07, 6.45) is -0.215. The molecule has 1 aliphatic heterocycles. The Morgan fingerprint density at radius 1 is 0.962 bits per heavy atom. The first kappa shape index (κ1) is 16.7. The lowest BCUT2D eigenvalue weighted by Gasteiger charge is -2.43. The molecule has 0 saturated heterocycles. The van der Waals surface area contributed by atoms with Gasteiger partial charge in [-0.25, -0.2) is 0 Å². The number of hydrogen-bond donors (Lipinski definition) is 0. The highest BCUT2D eigenvalue weighted by atomic mass is 32.1. The number of methoxy groups -OCH3 is 1. The van der Waals surface area contributed by atoms with E-state index in [9.17, 15) is 4.79 Å². The van der Waals surface area contributed by atoms with Crippen molar-refractivity contribution in [3.05, 3.63) is 76.0 Å². The predicted octanol–water partition coefficient (Wildman–Crippen LogP) is 4.86. The molecule has 1 aromatic heterocycles. The Balaban J connectivity index is 1.95. The van der Waals surface area contributed by atoms with Crippen molar-refractivity contribution < 1.29 is 9.53 Å². The largest absolute Gasteiger partial charge is 0.495 e. The van der Waals surface area contributed by atoms with Gasteiger partial charge in [0.2, 0.25) is 0 Å². The van der Waals surface area contributed by atoms with Gasteiger partial charge in [0.1, 0.15) is 11.9 Å². The van der Waals surface area contributed by atoms with Crippen LogP contribution in [0.2, 0.25) is 0 Å². The van der Waals surface area contributed by atoms with Crippen molar-refractivity contribution in [3.8, 4) is 5.75 Å². The fraction of sp³-hybridized carbons (Fsp3) is 0.190. The molecule has 132 valence electrons. The molecule has 1 aliphatic rings. The van der Waals surface area contributed by atoms with Crippen molar-refractivity contribution in [2.45, 2.75) is 13.1 Å². The van der Waals surface area contributed by atoms with E-state index in [-0.39, 0.29) is 12.1 Å². The lowest BCUT2D eigenvalue weighted by Crippen LogP contribution is -2.48. The summed E-state index contributed by atoms with van der Waals surface area (Å²) in [7, 11) is 3.67. The predicted molar refractivity (Wildman–Crippen MR) is 106 cm³/mol. The first-order chi connectivity index (χ1) is 12.6. The van der Waals surface area contributed by atoms with E-state index < -0.39 is 0 Å². The second-order valence-electron chi connectivity index (χ2n) is 6.30. The molecule has 26 heavy (non-hydrogen) atoms. The van der Waals surface area contributed by atoms with Gasteiger partial charge in [0.15, 0.2) is 0 Å². The number of benzene rings is 2. The Kier molecular flexibility index (Phi) is 4.17. The average molecular weight is 364 g/mol. The topological polar surface area (TPSA) is 32.8 Å². The summed E-state index contributed by atoms with van der Waals surface area (Å²) in [4.78, 5) is 19.8. The molecule has 2 aromatic carbocycles. The summed E-state index contributed by atoms with van der Waals surface area (Å²) in [5.74, 6) is 0.672. The van der Waals surface area contributed by atoms with E-state index in [1.54, 1.807) is 18.4 Å². The van der Waals surface area contributed by atoms with Crippen LogP contribution in [-0.4, -0.2) is 20.1 Å². The fourth-order valence-electron chi connectivity index (χ4n) is 3.49. The number of aryl methyl sites for hydroxylation is 1. The zero-order valence-corrected chi connectivity index (χ0v) is 15.8. The Morgan fingerprint density at radius 2 is 1.65 bits per heavy atom. The number of nitrogens with zero attached hydrogens (tertiary/aromatic N) is 2. The number of para-hydroxylation sites is 3. The Morgan fingerprint density at radius 3 is 2.35 bits per heavy atom. The molecule has 2 heterocycles. The summed E-state index contributed by atoms with van der Waals surface area (Å²) in [5.41, 5.74) is 2.42. The van der Waals surface area contributed by atoms with Gasteiger partial charge in [-0.1, -0.05) is 24.3 Å². The molecule has 1 unspecified atom stereocenters. The van der Waals surface area contributed by atoms with Gasteiger partial charge in [-0.2, -0.15) is 0 Å². The van der Waals surface area contributed by atoms with Gasteiger partial charge in [-0.15, -0.1) is 11.3 Å². The first-order valence-electron chi connectivity index (χ1n) is 8.46. The van der Waals surface area contributed by atoms with Crippen LogP contribution in [0.1, 0.15) is 26.3 Å². The smallest absolute Gasteiger partial charge is 0.262 e. The number of anilines is 2. The molecule has 3 aromatic rings. The molecular weight excluding hydrogens is 344 g/mol. The Labute approximate surface area is 157 Å². The van der Waals surface area contributed by atoms with Gasteiger partial charge in [0.25, 0.3) is 5.91 Å². The molecule has 0 radical (unpaired) electrons.